The molecule has 0 aliphatic carbocycles. The van der Waals surface area contributed by atoms with Crippen molar-refractivity contribution in [2.45, 2.75) is 61.4 Å². The third-order valence-corrected chi connectivity index (χ3v) is 5.32. The van der Waals surface area contributed by atoms with Crippen molar-refractivity contribution >= 4 is 34.7 Å². The third kappa shape index (κ3) is 6.48. The Morgan fingerprint density at radius 1 is 0.677 bits per heavy atom. The van der Waals surface area contributed by atoms with Crippen LogP contribution in [-0.4, -0.2) is 115 Å². The Balaban J connectivity index is 2.06. The maximum Gasteiger partial charge on any atom is 0.189 e. The fraction of sp³-hybridized carbons (Fsp3) is 0.857. The topological polar surface area (TPSA) is 249 Å². The number of hydrazine groups is 2. The van der Waals surface area contributed by atoms with E-state index in [0.29, 0.717) is 0 Å². The summed E-state index contributed by atoms with van der Waals surface area (Å²) in [5.41, 5.74) is 4.34. The lowest BCUT2D eigenvalue weighted by atomic mass is 9.97. The van der Waals surface area contributed by atoms with Gasteiger partial charge in [-0.2, -0.15) is 0 Å². The predicted octanol–water partition coefficient (Wildman–Crippen LogP) is -6.71. The van der Waals surface area contributed by atoms with E-state index in [0.717, 1.165) is 0 Å². The molecule has 17 heteroatoms. The summed E-state index contributed by atoms with van der Waals surface area (Å²) in [6, 6.07) is 0. The molecule has 0 radical (unpaired) electrons. The summed E-state index contributed by atoms with van der Waals surface area (Å²) in [6.45, 7) is -0.224. The van der Waals surface area contributed by atoms with Crippen LogP contribution in [0.3, 0.4) is 0 Å². The predicted molar refractivity (Wildman–Crippen MR) is 110 cm³/mol. The maximum absolute atomic E-state index is 10.2. The first kappa shape index (κ1) is 26.2. The second-order valence-electron chi connectivity index (χ2n) is 6.87. The van der Waals surface area contributed by atoms with E-state index < -0.39 is 61.4 Å². The molecular formula is C14H28N6O9S2. The average molecular weight is 489 g/mol. The lowest BCUT2D eigenvalue weighted by Crippen LogP contribution is -2.65. The Morgan fingerprint density at radius 3 is 1.35 bits per heavy atom. The number of ether oxygens (including phenoxy) is 3. The van der Waals surface area contributed by atoms with Gasteiger partial charge < -0.3 is 66.3 Å². The number of rotatable bonds is 6. The Morgan fingerprint density at radius 2 is 1.03 bits per heavy atom. The molecule has 0 spiro atoms. The van der Waals surface area contributed by atoms with Crippen molar-refractivity contribution in [2.75, 3.05) is 13.1 Å². The van der Waals surface area contributed by atoms with Gasteiger partial charge in [0.15, 0.2) is 22.8 Å². The smallest absolute Gasteiger partial charge is 0.189 e. The SMILES string of the molecule is NNC(=S)NCC1O[C@H](O[C@H]2OC(CNC(=S)NN)[C@@H](O)[C@H](O)C2O)C(O)[C@@H](O)[C@@H]1O. The molecule has 2 heterocycles. The van der Waals surface area contributed by atoms with Crippen molar-refractivity contribution in [3.05, 3.63) is 0 Å². The molecule has 4 unspecified atom stereocenters. The van der Waals surface area contributed by atoms with E-state index in [4.69, 9.17) is 50.3 Å². The number of hydrogen-bond acceptors (Lipinski definition) is 13. The second kappa shape index (κ2) is 11.7. The van der Waals surface area contributed by atoms with Crippen LogP contribution in [0.15, 0.2) is 0 Å². The zero-order chi connectivity index (χ0) is 23.3. The van der Waals surface area contributed by atoms with Gasteiger partial charge in [-0.1, -0.05) is 0 Å². The van der Waals surface area contributed by atoms with E-state index in [1.165, 1.54) is 0 Å². The van der Waals surface area contributed by atoms with Crippen LogP contribution in [0.5, 0.6) is 0 Å². The molecule has 0 amide bonds. The molecule has 0 saturated carbocycles. The second-order valence-corrected chi connectivity index (χ2v) is 7.69. The van der Waals surface area contributed by atoms with E-state index in [1.54, 1.807) is 0 Å². The Bertz CT molecular complexity index is 575. The van der Waals surface area contributed by atoms with Crippen molar-refractivity contribution in [2.24, 2.45) is 11.7 Å². The monoisotopic (exact) mass is 488 g/mol. The van der Waals surface area contributed by atoms with Crippen LogP contribution in [0.2, 0.25) is 0 Å². The highest BCUT2D eigenvalue weighted by atomic mass is 32.1. The van der Waals surface area contributed by atoms with E-state index in [2.05, 4.69) is 21.5 Å². The van der Waals surface area contributed by atoms with Gasteiger partial charge in [-0.3, -0.25) is 0 Å². The van der Waals surface area contributed by atoms with E-state index >= 15 is 0 Å². The van der Waals surface area contributed by atoms with Gasteiger partial charge in [-0.15, -0.1) is 0 Å². The highest BCUT2D eigenvalue weighted by molar-refractivity contribution is 7.80. The summed E-state index contributed by atoms with van der Waals surface area (Å²) in [5, 5.41) is 66.3. The molecule has 0 aromatic heterocycles. The summed E-state index contributed by atoms with van der Waals surface area (Å²) in [6.07, 6.45) is -15.2. The van der Waals surface area contributed by atoms with Crippen molar-refractivity contribution in [1.29, 1.82) is 0 Å². The summed E-state index contributed by atoms with van der Waals surface area (Å²) >= 11 is 9.64. The molecule has 14 N–H and O–H groups in total. The van der Waals surface area contributed by atoms with E-state index in [9.17, 15) is 30.6 Å². The normalized spacial score (nSPS) is 40.6. The molecule has 2 fully saturated rings. The van der Waals surface area contributed by atoms with Crippen molar-refractivity contribution in [3.63, 3.8) is 0 Å². The molecule has 2 saturated heterocycles. The van der Waals surface area contributed by atoms with Crippen LogP contribution in [0.25, 0.3) is 0 Å². The number of aliphatic hydroxyl groups excluding tert-OH is 6. The number of aliphatic hydroxyl groups is 6. The van der Waals surface area contributed by atoms with Crippen LogP contribution in [0.1, 0.15) is 0 Å². The van der Waals surface area contributed by atoms with E-state index in [-0.39, 0.29) is 23.3 Å². The summed E-state index contributed by atoms with van der Waals surface area (Å²) in [7, 11) is 0. The van der Waals surface area contributed by atoms with Crippen LogP contribution >= 0.6 is 24.4 Å². The summed E-state index contributed by atoms with van der Waals surface area (Å²) in [5.74, 6) is 10.3. The fourth-order valence-electron chi connectivity index (χ4n) is 3.02. The minimum absolute atomic E-state index is 0.0391. The Labute approximate surface area is 187 Å². The van der Waals surface area contributed by atoms with Gasteiger partial charge in [0.05, 0.1) is 0 Å². The van der Waals surface area contributed by atoms with Gasteiger partial charge in [0.2, 0.25) is 0 Å². The van der Waals surface area contributed by atoms with Gasteiger partial charge in [0, 0.05) is 13.1 Å². The van der Waals surface area contributed by atoms with Gasteiger partial charge in [-0.05, 0) is 24.4 Å². The molecule has 0 aromatic rings. The molecule has 180 valence electrons. The molecule has 0 bridgehead atoms. The zero-order valence-electron chi connectivity index (χ0n) is 16.1. The number of hydrogen-bond donors (Lipinski definition) is 12. The standard InChI is InChI=1S/C14H28N6O9S2/c15-19-13(30)17-1-3-5(21)7(23)9(25)11(27-3)29-12-10(26)8(24)6(22)4(28-12)2-18-14(31)20-16/h3-12,21-26H,1-2,15-16H2,(H2,17,19,30)(H2,18,20,31)/t3?,4?,5-,6-,7+,8+,9?,10?,11-,12-/m1/s1. The molecule has 0 aromatic carbocycles. The number of thiocarbonyl (C=S) groups is 2. The maximum atomic E-state index is 10.2. The molecule has 31 heavy (non-hydrogen) atoms. The van der Waals surface area contributed by atoms with Crippen LogP contribution in [-0.2, 0) is 14.2 Å². The minimum Gasteiger partial charge on any atom is -0.388 e. The lowest BCUT2D eigenvalue weighted by molar-refractivity contribution is -0.372. The lowest BCUT2D eigenvalue weighted by Gasteiger charge is -2.45. The first-order valence-corrected chi connectivity index (χ1v) is 9.96. The molecule has 2 aliphatic rings. The van der Waals surface area contributed by atoms with Crippen molar-refractivity contribution in [3.8, 4) is 0 Å². The van der Waals surface area contributed by atoms with Crippen LogP contribution in [0.4, 0.5) is 0 Å². The van der Waals surface area contributed by atoms with Crippen molar-refractivity contribution in [1.82, 2.24) is 21.5 Å². The first-order valence-electron chi connectivity index (χ1n) is 9.14. The minimum atomic E-state index is -1.73. The number of nitrogens with one attached hydrogen (secondary N) is 4. The molecule has 2 aliphatic heterocycles. The molecule has 15 nitrogen and oxygen atoms in total. The van der Waals surface area contributed by atoms with Gasteiger partial charge in [0.1, 0.15) is 48.8 Å². The number of nitrogens with two attached hydrogens (primary N) is 2. The molecule has 10 atom stereocenters. The van der Waals surface area contributed by atoms with Crippen LogP contribution < -0.4 is 33.2 Å². The molecule has 2 rings (SSSR count). The van der Waals surface area contributed by atoms with Gasteiger partial charge >= 0.3 is 0 Å². The Kier molecular flexibility index (Phi) is 9.89. The highest BCUT2D eigenvalue weighted by Gasteiger charge is 2.49. The van der Waals surface area contributed by atoms with Crippen molar-refractivity contribution < 1.29 is 44.8 Å². The fourth-order valence-corrected chi connectivity index (χ4v) is 3.18. The molecular weight excluding hydrogens is 460 g/mol. The zero-order valence-corrected chi connectivity index (χ0v) is 17.7. The van der Waals surface area contributed by atoms with E-state index in [1.807, 2.05) is 0 Å². The first-order chi connectivity index (χ1) is 14.6. The quantitative estimate of drug-likeness (QED) is 0.0942. The van der Waals surface area contributed by atoms with Gasteiger partial charge in [-0.25, -0.2) is 11.7 Å². The third-order valence-electron chi connectivity index (χ3n) is 4.80. The largest absolute Gasteiger partial charge is 0.388 e. The van der Waals surface area contributed by atoms with Gasteiger partial charge in [0.25, 0.3) is 0 Å². The van der Waals surface area contributed by atoms with Crippen LogP contribution in [0, 0.1) is 0 Å². The Hall–Kier alpha value is -1.06. The highest BCUT2D eigenvalue weighted by Crippen LogP contribution is 2.28. The summed E-state index contributed by atoms with van der Waals surface area (Å²) in [4.78, 5) is 0. The summed E-state index contributed by atoms with van der Waals surface area (Å²) < 4.78 is 16.4. The average Bonchev–Trinajstić information content (AvgIpc) is 2.77.